The largest absolute Gasteiger partial charge is 0.389 e. The van der Waals surface area contributed by atoms with Crippen LogP contribution < -0.4 is 10.6 Å². The summed E-state index contributed by atoms with van der Waals surface area (Å²) in [5.41, 5.74) is 0.464. The van der Waals surface area contributed by atoms with E-state index in [9.17, 15) is 19.1 Å². The molecule has 11 heteroatoms. The first kappa shape index (κ1) is 26.7. The summed E-state index contributed by atoms with van der Waals surface area (Å²) < 4.78 is 30.4. The average molecular weight is 509 g/mol. The Kier molecular flexibility index (Phi) is 9.88. The number of anilines is 1. The van der Waals surface area contributed by atoms with E-state index in [2.05, 4.69) is 15.5 Å². The molecule has 3 amide bonds. The van der Waals surface area contributed by atoms with E-state index in [1.165, 1.54) is 24.3 Å². The Morgan fingerprint density at radius 1 is 1.08 bits per heavy atom. The zero-order chi connectivity index (χ0) is 25.3. The molecule has 0 bridgehead atoms. The molecule has 1 aromatic rings. The second kappa shape index (κ2) is 13.3. The second-order valence-corrected chi connectivity index (χ2v) is 9.58. The molecule has 0 unspecified atom stereocenters. The van der Waals surface area contributed by atoms with Gasteiger partial charge in [-0.05, 0) is 50.1 Å². The number of morpholine rings is 1. The van der Waals surface area contributed by atoms with E-state index in [4.69, 9.17) is 14.2 Å². The van der Waals surface area contributed by atoms with Crippen LogP contribution >= 0.6 is 0 Å². The lowest BCUT2D eigenvalue weighted by molar-refractivity contribution is -0.149. The Labute approximate surface area is 211 Å². The number of β-amino-alcohol motifs (C(OH)–C–C–N with tert-alkyl or cyclic N) is 1. The van der Waals surface area contributed by atoms with E-state index >= 15 is 0 Å². The molecular formula is C25H37FN4O6. The van der Waals surface area contributed by atoms with Crippen LogP contribution in [0.5, 0.6) is 0 Å². The van der Waals surface area contributed by atoms with Crippen molar-refractivity contribution in [1.29, 1.82) is 0 Å². The van der Waals surface area contributed by atoms with Crippen LogP contribution in [-0.2, 0) is 19.0 Å². The van der Waals surface area contributed by atoms with Gasteiger partial charge in [0.05, 0.1) is 57.6 Å². The van der Waals surface area contributed by atoms with E-state index in [1.54, 1.807) is 4.90 Å². The lowest BCUT2D eigenvalue weighted by atomic mass is 9.95. The molecule has 3 saturated heterocycles. The maximum atomic E-state index is 13.2. The van der Waals surface area contributed by atoms with Crippen LogP contribution in [0.4, 0.5) is 14.9 Å². The first-order valence-electron chi connectivity index (χ1n) is 12.8. The number of aliphatic hydroxyl groups is 1. The molecule has 0 aromatic heterocycles. The van der Waals surface area contributed by atoms with Crippen molar-refractivity contribution in [2.75, 3.05) is 64.5 Å². The first-order valence-corrected chi connectivity index (χ1v) is 12.8. The lowest BCUT2D eigenvalue weighted by Crippen LogP contribution is -2.58. The third-order valence-corrected chi connectivity index (χ3v) is 6.83. The van der Waals surface area contributed by atoms with Crippen LogP contribution in [0.3, 0.4) is 0 Å². The summed E-state index contributed by atoms with van der Waals surface area (Å²) >= 11 is 0. The minimum atomic E-state index is -0.828. The summed E-state index contributed by atoms with van der Waals surface area (Å²) in [5, 5.41) is 16.0. The first-order chi connectivity index (χ1) is 17.5. The molecule has 0 radical (unpaired) electrons. The van der Waals surface area contributed by atoms with Crippen molar-refractivity contribution >= 4 is 17.6 Å². The molecule has 3 N–H and O–H groups in total. The Hall–Kier alpha value is -2.31. The predicted molar refractivity (Wildman–Crippen MR) is 130 cm³/mol. The number of nitrogens with zero attached hydrogens (tertiary/aromatic N) is 2. The number of nitrogens with one attached hydrogen (secondary N) is 2. The molecule has 0 saturated carbocycles. The van der Waals surface area contributed by atoms with Gasteiger partial charge in [0.15, 0.2) is 0 Å². The highest BCUT2D eigenvalue weighted by Crippen LogP contribution is 2.28. The predicted octanol–water partition coefficient (Wildman–Crippen LogP) is 1.20. The third-order valence-electron chi connectivity index (χ3n) is 6.83. The summed E-state index contributed by atoms with van der Waals surface area (Å²) in [6.07, 6.45) is 0.864. The van der Waals surface area contributed by atoms with E-state index in [0.29, 0.717) is 25.1 Å². The second-order valence-electron chi connectivity index (χ2n) is 9.58. The number of aliphatic hydroxyl groups excluding tert-OH is 1. The van der Waals surface area contributed by atoms with Crippen molar-refractivity contribution in [2.45, 2.75) is 50.0 Å². The molecule has 200 valence electrons. The molecule has 10 nitrogen and oxygen atoms in total. The molecule has 3 aliphatic rings. The molecule has 0 aliphatic carbocycles. The van der Waals surface area contributed by atoms with Crippen molar-refractivity contribution in [3.63, 3.8) is 0 Å². The van der Waals surface area contributed by atoms with Gasteiger partial charge in [0.25, 0.3) is 0 Å². The maximum absolute atomic E-state index is 13.2. The monoisotopic (exact) mass is 508 g/mol. The average Bonchev–Trinajstić information content (AvgIpc) is 2.86. The fourth-order valence-corrected chi connectivity index (χ4v) is 4.94. The third kappa shape index (κ3) is 7.84. The molecule has 3 heterocycles. The number of halogens is 1. The van der Waals surface area contributed by atoms with E-state index in [-0.39, 0.29) is 50.0 Å². The number of carbonyl (C=O) groups excluding carboxylic acids is 2. The highest BCUT2D eigenvalue weighted by molar-refractivity contribution is 5.89. The van der Waals surface area contributed by atoms with Gasteiger partial charge in [-0.1, -0.05) is 0 Å². The van der Waals surface area contributed by atoms with Gasteiger partial charge in [0.1, 0.15) is 11.9 Å². The Bertz CT molecular complexity index is 853. The highest BCUT2D eigenvalue weighted by atomic mass is 19.1. The maximum Gasteiger partial charge on any atom is 0.322 e. The van der Waals surface area contributed by atoms with Crippen LogP contribution in [0.25, 0.3) is 0 Å². The van der Waals surface area contributed by atoms with Gasteiger partial charge in [-0.25, -0.2) is 9.18 Å². The zero-order valence-corrected chi connectivity index (χ0v) is 20.6. The van der Waals surface area contributed by atoms with Gasteiger partial charge in [-0.3, -0.25) is 9.69 Å². The Morgan fingerprint density at radius 3 is 2.64 bits per heavy atom. The van der Waals surface area contributed by atoms with Crippen LogP contribution in [0, 0.1) is 5.82 Å². The number of hydrogen-bond donors (Lipinski definition) is 3. The SMILES string of the molecule is O=C(C[C@@H]1CC[C@@H]2[C@H](COC[C@H](O)CN2C(=O)Nc2ccc(F)cc2)O1)NCCCN1CCOCC1. The summed E-state index contributed by atoms with van der Waals surface area (Å²) in [5.74, 6) is -0.437. The fraction of sp³-hybridized carbons (Fsp3) is 0.680. The molecule has 4 atom stereocenters. The topological polar surface area (TPSA) is 113 Å². The Morgan fingerprint density at radius 2 is 1.86 bits per heavy atom. The quantitative estimate of drug-likeness (QED) is 0.475. The van der Waals surface area contributed by atoms with Gasteiger partial charge in [-0.15, -0.1) is 0 Å². The van der Waals surface area contributed by atoms with Crippen molar-refractivity contribution < 1.29 is 33.3 Å². The zero-order valence-electron chi connectivity index (χ0n) is 20.6. The number of ether oxygens (including phenoxy) is 3. The number of fused-ring (bicyclic) bond motifs is 1. The van der Waals surface area contributed by atoms with Crippen molar-refractivity contribution in [1.82, 2.24) is 15.1 Å². The van der Waals surface area contributed by atoms with Crippen molar-refractivity contribution in [3.05, 3.63) is 30.1 Å². The normalized spacial score (nSPS) is 27.4. The van der Waals surface area contributed by atoms with Crippen LogP contribution in [0.2, 0.25) is 0 Å². The number of hydrogen-bond acceptors (Lipinski definition) is 7. The number of carbonyl (C=O) groups is 2. The van der Waals surface area contributed by atoms with Crippen LogP contribution in [-0.4, -0.2) is 110 Å². The smallest absolute Gasteiger partial charge is 0.322 e. The molecule has 36 heavy (non-hydrogen) atoms. The molecule has 3 fully saturated rings. The van der Waals surface area contributed by atoms with Crippen LogP contribution in [0.1, 0.15) is 25.7 Å². The summed E-state index contributed by atoms with van der Waals surface area (Å²) in [6.45, 7) is 5.35. The lowest BCUT2D eigenvalue weighted by Gasteiger charge is -2.44. The molecule has 4 rings (SSSR count). The van der Waals surface area contributed by atoms with E-state index in [1.807, 2.05) is 0 Å². The minimum absolute atomic E-state index is 0.0477. The minimum Gasteiger partial charge on any atom is -0.389 e. The molecule has 1 aromatic carbocycles. The highest BCUT2D eigenvalue weighted by Gasteiger charge is 2.40. The van der Waals surface area contributed by atoms with E-state index in [0.717, 1.165) is 39.3 Å². The number of benzene rings is 1. The van der Waals surface area contributed by atoms with Gasteiger partial charge in [0, 0.05) is 25.3 Å². The van der Waals surface area contributed by atoms with Gasteiger partial charge in [0.2, 0.25) is 5.91 Å². The summed E-state index contributed by atoms with van der Waals surface area (Å²) in [6, 6.07) is 4.82. The number of urea groups is 1. The van der Waals surface area contributed by atoms with Crippen molar-refractivity contribution in [2.24, 2.45) is 0 Å². The van der Waals surface area contributed by atoms with Gasteiger partial charge < -0.3 is 34.9 Å². The summed E-state index contributed by atoms with van der Waals surface area (Å²) in [7, 11) is 0. The number of amides is 3. The standard InChI is InChI=1S/C25H37FN4O6/c26-18-2-4-19(5-3-18)28-25(33)30-15-20(31)16-35-17-23-22(30)7-6-21(36-23)14-24(32)27-8-1-9-29-10-12-34-13-11-29/h2-5,20-23,31H,1,6-17H2,(H,27,32)(H,28,33)/t20-,21+,22-,23+/m1/s1. The molecule has 3 aliphatic heterocycles. The molecular weight excluding hydrogens is 471 g/mol. The molecule has 0 spiro atoms. The van der Waals surface area contributed by atoms with Crippen LogP contribution in [0.15, 0.2) is 24.3 Å². The van der Waals surface area contributed by atoms with E-state index < -0.39 is 18.2 Å². The van der Waals surface area contributed by atoms with Crippen molar-refractivity contribution in [3.8, 4) is 0 Å². The van der Waals surface area contributed by atoms with Gasteiger partial charge >= 0.3 is 6.03 Å². The van der Waals surface area contributed by atoms with Gasteiger partial charge in [-0.2, -0.15) is 0 Å². The Balaban J connectivity index is 1.26. The summed E-state index contributed by atoms with van der Waals surface area (Å²) in [4.78, 5) is 29.5. The fourth-order valence-electron chi connectivity index (χ4n) is 4.94. The number of rotatable bonds is 7.